The van der Waals surface area contributed by atoms with Crippen LogP contribution < -0.4 is 5.73 Å². The van der Waals surface area contributed by atoms with Crippen LogP contribution in [0.4, 0.5) is 0 Å². The Morgan fingerprint density at radius 3 is 2.94 bits per heavy atom. The smallest absolute Gasteiger partial charge is 0.214 e. The molecule has 6 heteroatoms. The maximum Gasteiger partial charge on any atom is 0.214 e. The van der Waals surface area contributed by atoms with Crippen molar-refractivity contribution in [3.05, 3.63) is 21.9 Å². The van der Waals surface area contributed by atoms with Crippen molar-refractivity contribution in [1.29, 1.82) is 0 Å². The van der Waals surface area contributed by atoms with Gasteiger partial charge in [0.1, 0.15) is 0 Å². The van der Waals surface area contributed by atoms with Crippen LogP contribution in [0.25, 0.3) is 0 Å². The lowest BCUT2D eigenvalue weighted by Gasteiger charge is -2.25. The van der Waals surface area contributed by atoms with E-state index in [9.17, 15) is 8.42 Å². The minimum absolute atomic E-state index is 0.276. The summed E-state index contributed by atoms with van der Waals surface area (Å²) in [6, 6.07) is 3.86. The summed E-state index contributed by atoms with van der Waals surface area (Å²) in [6.07, 6.45) is 1.72. The maximum absolute atomic E-state index is 11.9. The summed E-state index contributed by atoms with van der Waals surface area (Å²) < 4.78 is 25.3. The Labute approximate surface area is 112 Å². The third-order valence-electron chi connectivity index (χ3n) is 2.76. The van der Waals surface area contributed by atoms with Crippen LogP contribution in [-0.4, -0.2) is 31.6 Å². The fourth-order valence-electron chi connectivity index (χ4n) is 1.86. The van der Waals surface area contributed by atoms with Crippen molar-refractivity contribution in [2.75, 3.05) is 18.8 Å². The van der Waals surface area contributed by atoms with E-state index in [4.69, 9.17) is 5.73 Å². The maximum atomic E-state index is 11.9. The summed E-state index contributed by atoms with van der Waals surface area (Å²) in [5, 5.41) is 0. The highest BCUT2D eigenvalue weighted by Crippen LogP contribution is 2.22. The Morgan fingerprint density at radius 1 is 1.39 bits per heavy atom. The second-order valence-electron chi connectivity index (χ2n) is 4.13. The lowest BCUT2D eigenvalue weighted by molar-refractivity contribution is 0.381. The zero-order chi connectivity index (χ0) is 13.0. The molecule has 2 heterocycles. The topological polar surface area (TPSA) is 63.4 Å². The number of hydrogen-bond acceptors (Lipinski definition) is 4. The van der Waals surface area contributed by atoms with Crippen LogP contribution in [0, 0.1) is 11.8 Å². The third kappa shape index (κ3) is 3.33. The summed E-state index contributed by atoms with van der Waals surface area (Å²) in [7, 11) is -3.05. The Balaban J connectivity index is 2.07. The van der Waals surface area contributed by atoms with Crippen LogP contribution in [0.1, 0.15) is 22.6 Å². The molecule has 0 aliphatic carbocycles. The molecule has 4 nitrogen and oxygen atoms in total. The van der Waals surface area contributed by atoms with Crippen molar-refractivity contribution in [2.45, 2.75) is 19.4 Å². The minimum atomic E-state index is -3.05. The van der Waals surface area contributed by atoms with E-state index in [1.54, 1.807) is 4.31 Å². The number of hydrogen-bond donors (Lipinski definition) is 1. The van der Waals surface area contributed by atoms with Gasteiger partial charge in [-0.15, -0.1) is 11.3 Å². The summed E-state index contributed by atoms with van der Waals surface area (Å²) in [4.78, 5) is 1.96. The fourth-order valence-corrected chi connectivity index (χ4v) is 4.41. The predicted molar refractivity (Wildman–Crippen MR) is 73.7 cm³/mol. The van der Waals surface area contributed by atoms with E-state index < -0.39 is 10.0 Å². The van der Waals surface area contributed by atoms with E-state index in [2.05, 4.69) is 11.8 Å². The zero-order valence-corrected chi connectivity index (χ0v) is 11.7. The van der Waals surface area contributed by atoms with Crippen molar-refractivity contribution < 1.29 is 8.42 Å². The van der Waals surface area contributed by atoms with E-state index in [-0.39, 0.29) is 5.75 Å². The summed E-state index contributed by atoms with van der Waals surface area (Å²) in [5.41, 5.74) is 5.31. The molecule has 2 rings (SSSR count). The molecule has 0 radical (unpaired) electrons. The quantitative estimate of drug-likeness (QED) is 0.824. The van der Waals surface area contributed by atoms with Gasteiger partial charge in [-0.3, -0.25) is 0 Å². The first-order chi connectivity index (χ1) is 8.62. The predicted octanol–water partition coefficient (Wildman–Crippen LogP) is 0.984. The molecule has 1 aromatic rings. The van der Waals surface area contributed by atoms with E-state index in [1.807, 2.05) is 12.1 Å². The van der Waals surface area contributed by atoms with E-state index in [0.29, 0.717) is 19.6 Å². The van der Waals surface area contributed by atoms with Crippen LogP contribution in [0.15, 0.2) is 12.1 Å². The molecule has 0 saturated carbocycles. The highest BCUT2D eigenvalue weighted by atomic mass is 32.2. The molecular formula is C12H16N2O2S2. The third-order valence-corrected chi connectivity index (χ3v) is 5.65. The molecule has 0 spiro atoms. The average molecular weight is 284 g/mol. The molecule has 18 heavy (non-hydrogen) atoms. The highest BCUT2D eigenvalue weighted by Gasteiger charge is 2.25. The first-order valence-electron chi connectivity index (χ1n) is 5.87. The number of sulfonamides is 1. The zero-order valence-electron chi connectivity index (χ0n) is 10.1. The minimum Gasteiger partial charge on any atom is -0.320 e. The fraction of sp³-hybridized carbons (Fsp3) is 0.500. The van der Waals surface area contributed by atoms with Gasteiger partial charge in [0.05, 0.1) is 17.2 Å². The Kier molecular flexibility index (Phi) is 4.40. The molecule has 1 aromatic heterocycles. The summed E-state index contributed by atoms with van der Waals surface area (Å²) in [5.74, 6) is 6.03. The lowest BCUT2D eigenvalue weighted by atomic mass is 10.3. The van der Waals surface area contributed by atoms with Gasteiger partial charge in [0, 0.05) is 18.0 Å². The monoisotopic (exact) mass is 284 g/mol. The van der Waals surface area contributed by atoms with Crippen LogP contribution >= 0.6 is 11.3 Å². The first kappa shape index (κ1) is 13.6. The van der Waals surface area contributed by atoms with Crippen LogP contribution in [0.5, 0.6) is 0 Å². The van der Waals surface area contributed by atoms with E-state index >= 15 is 0 Å². The molecule has 0 aromatic carbocycles. The van der Waals surface area contributed by atoms with Gasteiger partial charge < -0.3 is 5.73 Å². The summed E-state index contributed by atoms with van der Waals surface area (Å²) >= 11 is 1.53. The molecule has 0 bridgehead atoms. The van der Waals surface area contributed by atoms with Gasteiger partial charge >= 0.3 is 0 Å². The van der Waals surface area contributed by atoms with Crippen molar-refractivity contribution in [3.8, 4) is 11.8 Å². The van der Waals surface area contributed by atoms with Gasteiger partial charge in [-0.25, -0.2) is 8.42 Å². The van der Waals surface area contributed by atoms with E-state index in [0.717, 1.165) is 22.6 Å². The molecule has 2 N–H and O–H groups in total. The summed E-state index contributed by atoms with van der Waals surface area (Å²) in [6.45, 7) is 1.44. The van der Waals surface area contributed by atoms with Crippen LogP contribution in [0.3, 0.4) is 0 Å². The Bertz CT molecular complexity index is 566. The molecule has 1 fully saturated rings. The molecule has 0 unspecified atom stereocenters. The van der Waals surface area contributed by atoms with Crippen LogP contribution in [0.2, 0.25) is 0 Å². The molecule has 0 amide bonds. The average Bonchev–Trinajstić information content (AvgIpc) is 2.77. The second kappa shape index (κ2) is 5.85. The molecule has 98 valence electrons. The van der Waals surface area contributed by atoms with Gasteiger partial charge in [0.25, 0.3) is 0 Å². The van der Waals surface area contributed by atoms with Gasteiger partial charge in [0.2, 0.25) is 10.0 Å². The van der Waals surface area contributed by atoms with Gasteiger partial charge in [0.15, 0.2) is 0 Å². The number of nitrogens with zero attached hydrogens (tertiary/aromatic N) is 1. The molecule has 1 aliphatic rings. The molecular weight excluding hydrogens is 268 g/mol. The van der Waals surface area contributed by atoms with Crippen molar-refractivity contribution in [1.82, 2.24) is 4.31 Å². The number of nitrogens with two attached hydrogens (primary N) is 1. The van der Waals surface area contributed by atoms with Crippen molar-refractivity contribution in [3.63, 3.8) is 0 Å². The standard InChI is InChI=1S/C12H16N2O2S2/c13-7-3-4-11-5-6-12(17-11)10-14-8-1-2-9-18(14,15)16/h5-6H,1-2,7-10,13H2. The highest BCUT2D eigenvalue weighted by molar-refractivity contribution is 7.89. The van der Waals surface area contributed by atoms with Crippen LogP contribution in [-0.2, 0) is 16.6 Å². The van der Waals surface area contributed by atoms with Gasteiger partial charge in [-0.05, 0) is 25.0 Å². The van der Waals surface area contributed by atoms with Gasteiger partial charge in [-0.2, -0.15) is 4.31 Å². The van der Waals surface area contributed by atoms with Gasteiger partial charge in [-0.1, -0.05) is 11.8 Å². The molecule has 0 atom stereocenters. The normalized spacial score (nSPS) is 19.2. The Morgan fingerprint density at radius 2 is 2.22 bits per heavy atom. The second-order valence-corrected chi connectivity index (χ2v) is 7.39. The molecule has 1 saturated heterocycles. The number of thiophene rings is 1. The Hall–Kier alpha value is -0.870. The van der Waals surface area contributed by atoms with Crippen molar-refractivity contribution in [2.24, 2.45) is 5.73 Å². The molecule has 1 aliphatic heterocycles. The van der Waals surface area contributed by atoms with Crippen molar-refractivity contribution >= 4 is 21.4 Å². The first-order valence-corrected chi connectivity index (χ1v) is 8.30. The lowest BCUT2D eigenvalue weighted by Crippen LogP contribution is -2.36. The largest absolute Gasteiger partial charge is 0.320 e. The SMILES string of the molecule is NCC#Cc1ccc(CN2CCCCS2(=O)=O)s1. The number of rotatable bonds is 2. The van der Waals surface area contributed by atoms with E-state index in [1.165, 1.54) is 11.3 Å².